The van der Waals surface area contributed by atoms with Gasteiger partial charge in [-0.15, -0.1) is 8.42 Å². The first-order valence-electron chi connectivity index (χ1n) is 1.58. The van der Waals surface area contributed by atoms with Crippen molar-refractivity contribution in [3.05, 3.63) is 12.3 Å². The van der Waals surface area contributed by atoms with E-state index in [0.29, 0.717) is 6.26 Å². The third-order valence-corrected chi connectivity index (χ3v) is 1.14. The highest BCUT2D eigenvalue weighted by Gasteiger charge is 2.22. The quantitative estimate of drug-likeness (QED) is 0.477. The molecule has 0 amide bonds. The van der Waals surface area contributed by atoms with E-state index >= 15 is 0 Å². The molecule has 0 saturated carbocycles. The molecule has 1 heterocycles. The van der Waals surface area contributed by atoms with Crippen LogP contribution in [-0.4, -0.2) is 8.42 Å². The molecule has 0 aromatic rings. The van der Waals surface area contributed by atoms with Crippen molar-refractivity contribution in [2.24, 2.45) is 0 Å². The zero-order valence-electron chi connectivity index (χ0n) is 3.50. The highest BCUT2D eigenvalue weighted by molar-refractivity contribution is 7.82. The fourth-order valence-electron chi connectivity index (χ4n) is 0.234. The minimum Gasteiger partial charge on any atom is -0.354 e. The number of hydrogen-bond acceptors (Lipinski definition) is 4. The van der Waals surface area contributed by atoms with Crippen LogP contribution in [0.15, 0.2) is 12.3 Å². The van der Waals surface area contributed by atoms with Gasteiger partial charge >= 0.3 is 16.4 Å². The van der Waals surface area contributed by atoms with Crippen molar-refractivity contribution in [1.29, 1.82) is 0 Å². The fourth-order valence-corrected chi connectivity index (χ4v) is 0.701. The summed E-state index contributed by atoms with van der Waals surface area (Å²) in [4.78, 5) is 0. The second-order valence-corrected chi connectivity index (χ2v) is 2.19. The van der Waals surface area contributed by atoms with Gasteiger partial charge in [-0.25, -0.2) is 0 Å². The number of rotatable bonds is 0. The molecule has 1 aliphatic heterocycles. The van der Waals surface area contributed by atoms with Crippen molar-refractivity contribution in [3.63, 3.8) is 0 Å². The molecule has 0 spiro atoms. The molecule has 1 rings (SSSR count). The molecule has 0 aliphatic carbocycles. The van der Waals surface area contributed by atoms with Gasteiger partial charge in [-0.05, 0) is 0 Å². The maximum absolute atomic E-state index is 11.6. The zero-order chi connectivity index (χ0) is 6.20. The predicted molar refractivity (Wildman–Crippen MR) is 20.3 cm³/mol. The van der Waals surface area contributed by atoms with Gasteiger partial charge < -0.3 is 8.37 Å². The Bertz CT molecular complexity index is 214. The summed E-state index contributed by atoms with van der Waals surface area (Å²) < 4.78 is 38.5. The predicted octanol–water partition coefficient (Wildman–Crippen LogP) is 0.0464. The second kappa shape index (κ2) is 1.35. The summed E-state index contributed by atoms with van der Waals surface area (Å²) in [5, 5.41) is 0. The van der Waals surface area contributed by atoms with Crippen LogP contribution in [0.3, 0.4) is 0 Å². The first kappa shape index (κ1) is 5.36. The summed E-state index contributed by atoms with van der Waals surface area (Å²) in [6.45, 7) is 0. The third kappa shape index (κ3) is 0.890. The van der Waals surface area contributed by atoms with E-state index in [4.69, 9.17) is 0 Å². The van der Waals surface area contributed by atoms with Crippen molar-refractivity contribution in [1.82, 2.24) is 0 Å². The van der Waals surface area contributed by atoms with Crippen molar-refractivity contribution in [2.45, 2.75) is 0 Å². The zero-order valence-corrected chi connectivity index (χ0v) is 4.31. The molecule has 0 bridgehead atoms. The Morgan fingerprint density at radius 3 is 2.38 bits per heavy atom. The van der Waals surface area contributed by atoms with Gasteiger partial charge in [0.15, 0.2) is 6.26 Å². The van der Waals surface area contributed by atoms with E-state index in [9.17, 15) is 12.8 Å². The number of hydrogen-bond donors (Lipinski definition) is 0. The molecule has 4 nitrogen and oxygen atoms in total. The number of halogens is 1. The average Bonchev–Trinajstić information content (AvgIpc) is 1.82. The molecular formula is C2HFO4S. The van der Waals surface area contributed by atoms with Crippen molar-refractivity contribution in [3.8, 4) is 0 Å². The summed E-state index contributed by atoms with van der Waals surface area (Å²) in [6.07, 6.45) is 0.370. The van der Waals surface area contributed by atoms with Crippen LogP contribution in [0.2, 0.25) is 0 Å². The minimum atomic E-state index is -4.06. The van der Waals surface area contributed by atoms with E-state index in [1.165, 1.54) is 0 Å². The standard InChI is InChI=1S/C2HFO4S/c3-2-1-6-8(4,5)7-2/h1H. The van der Waals surface area contributed by atoms with Crippen LogP contribution < -0.4 is 0 Å². The van der Waals surface area contributed by atoms with Crippen LogP contribution in [0.4, 0.5) is 4.39 Å². The summed E-state index contributed by atoms with van der Waals surface area (Å²) in [5.41, 5.74) is 0. The molecule has 0 aromatic heterocycles. The first-order chi connectivity index (χ1) is 3.60. The van der Waals surface area contributed by atoms with Crippen molar-refractivity contribution < 1.29 is 21.2 Å². The monoisotopic (exact) mass is 140 g/mol. The van der Waals surface area contributed by atoms with E-state index < -0.39 is 16.4 Å². The molecular weight excluding hydrogens is 139 g/mol. The van der Waals surface area contributed by atoms with E-state index in [2.05, 4.69) is 8.37 Å². The van der Waals surface area contributed by atoms with Crippen LogP contribution >= 0.6 is 0 Å². The van der Waals surface area contributed by atoms with Crippen molar-refractivity contribution >= 4 is 10.4 Å². The molecule has 1 aliphatic rings. The summed E-state index contributed by atoms with van der Waals surface area (Å²) in [6, 6.07) is -1.25. The Kier molecular flexibility index (Phi) is 0.902. The lowest BCUT2D eigenvalue weighted by atomic mass is 11.0. The Labute approximate surface area is 44.8 Å². The Morgan fingerprint density at radius 2 is 2.25 bits per heavy atom. The van der Waals surface area contributed by atoms with Crippen LogP contribution in [0.1, 0.15) is 0 Å². The van der Waals surface area contributed by atoms with Crippen molar-refractivity contribution in [2.75, 3.05) is 0 Å². The normalized spacial score (nSPS) is 23.4. The Morgan fingerprint density at radius 1 is 1.62 bits per heavy atom. The molecule has 0 fully saturated rings. The van der Waals surface area contributed by atoms with Gasteiger partial charge in [0.2, 0.25) is 0 Å². The van der Waals surface area contributed by atoms with Crippen LogP contribution in [0, 0.1) is 0 Å². The molecule has 6 heteroatoms. The maximum atomic E-state index is 11.6. The van der Waals surface area contributed by atoms with Crippen LogP contribution in [-0.2, 0) is 18.8 Å². The van der Waals surface area contributed by atoms with E-state index in [-0.39, 0.29) is 0 Å². The van der Waals surface area contributed by atoms with E-state index in [0.717, 1.165) is 0 Å². The molecule has 0 N–H and O–H groups in total. The van der Waals surface area contributed by atoms with Gasteiger partial charge in [0.1, 0.15) is 0 Å². The van der Waals surface area contributed by atoms with Gasteiger partial charge in [-0.2, -0.15) is 4.39 Å². The lowest BCUT2D eigenvalue weighted by Gasteiger charge is -1.86. The summed E-state index contributed by atoms with van der Waals surface area (Å²) >= 11 is 0. The lowest BCUT2D eigenvalue weighted by molar-refractivity contribution is 0.306. The van der Waals surface area contributed by atoms with E-state index in [1.807, 2.05) is 0 Å². The topological polar surface area (TPSA) is 52.6 Å². The smallest absolute Gasteiger partial charge is 0.354 e. The SMILES string of the molecule is O=S1(=O)OC=C(F)O1. The van der Waals surface area contributed by atoms with E-state index in [1.54, 1.807) is 0 Å². The average molecular weight is 140 g/mol. The molecule has 0 saturated heterocycles. The van der Waals surface area contributed by atoms with Crippen LogP contribution in [0.25, 0.3) is 0 Å². The highest BCUT2D eigenvalue weighted by atomic mass is 32.3. The fraction of sp³-hybridized carbons (Fsp3) is 0. The van der Waals surface area contributed by atoms with Gasteiger partial charge in [-0.3, -0.25) is 0 Å². The first-order valence-corrected chi connectivity index (χ1v) is 2.92. The highest BCUT2D eigenvalue weighted by Crippen LogP contribution is 2.14. The molecule has 0 unspecified atom stereocenters. The summed E-state index contributed by atoms with van der Waals surface area (Å²) in [5.74, 6) is 0. The molecule has 8 heavy (non-hydrogen) atoms. The Hall–Kier alpha value is -0.780. The lowest BCUT2D eigenvalue weighted by Crippen LogP contribution is -1.96. The Balaban J connectivity index is 2.85. The third-order valence-electron chi connectivity index (χ3n) is 0.440. The second-order valence-electron chi connectivity index (χ2n) is 1.01. The van der Waals surface area contributed by atoms with Gasteiger partial charge in [-0.1, -0.05) is 0 Å². The van der Waals surface area contributed by atoms with Gasteiger partial charge in [0.25, 0.3) is 0 Å². The van der Waals surface area contributed by atoms with Crippen LogP contribution in [0.5, 0.6) is 0 Å². The summed E-state index contributed by atoms with van der Waals surface area (Å²) in [7, 11) is -4.06. The minimum absolute atomic E-state index is 0.370. The van der Waals surface area contributed by atoms with Gasteiger partial charge in [0, 0.05) is 0 Å². The molecule has 0 atom stereocenters. The molecule has 0 radical (unpaired) electrons. The van der Waals surface area contributed by atoms with Gasteiger partial charge in [0.05, 0.1) is 0 Å². The molecule has 46 valence electrons. The maximum Gasteiger partial charge on any atom is 0.502 e. The molecule has 0 aromatic carbocycles. The largest absolute Gasteiger partial charge is 0.502 e.